The molecule has 2 nitrogen and oxygen atoms in total. The number of hydrogen-bond acceptors (Lipinski definition) is 2. The molecule has 0 saturated heterocycles. The van der Waals surface area contributed by atoms with Crippen molar-refractivity contribution in [3.8, 4) is 0 Å². The van der Waals surface area contributed by atoms with Crippen LogP contribution in [0.5, 0.6) is 0 Å². The van der Waals surface area contributed by atoms with Crippen LogP contribution in [0.3, 0.4) is 0 Å². The molecule has 0 aromatic heterocycles. The fourth-order valence-electron chi connectivity index (χ4n) is 0.386. The Kier molecular flexibility index (Phi) is 3.88. The predicted octanol–water partition coefficient (Wildman–Crippen LogP) is 0.256. The first-order valence-electron chi connectivity index (χ1n) is 2.57. The molecular formula is C4H8F3NOS. The predicted molar refractivity (Wildman–Crippen MR) is 33.0 cm³/mol. The van der Waals surface area contributed by atoms with Gasteiger partial charge in [0.15, 0.2) is 0 Å². The van der Waals surface area contributed by atoms with E-state index in [2.05, 4.69) is 0 Å². The first-order valence-corrected chi connectivity index (χ1v) is 4.06. The summed E-state index contributed by atoms with van der Waals surface area (Å²) in [4.78, 5) is 0. The summed E-state index contributed by atoms with van der Waals surface area (Å²) in [6, 6.07) is 0. The molecule has 0 spiro atoms. The van der Waals surface area contributed by atoms with Gasteiger partial charge in [0.2, 0.25) is 0 Å². The lowest BCUT2D eigenvalue weighted by Gasteiger charge is -2.03. The molecule has 10 heavy (non-hydrogen) atoms. The highest BCUT2D eigenvalue weighted by atomic mass is 32.2. The maximum Gasteiger partial charge on any atom is 0.400 e. The molecule has 1 atom stereocenters. The van der Waals surface area contributed by atoms with Gasteiger partial charge in [-0.15, -0.1) is 0 Å². The van der Waals surface area contributed by atoms with Gasteiger partial charge < -0.3 is 5.73 Å². The average Bonchev–Trinajstić information content (AvgIpc) is 1.59. The van der Waals surface area contributed by atoms with Crippen LogP contribution >= 0.6 is 0 Å². The largest absolute Gasteiger partial charge is 0.400 e. The van der Waals surface area contributed by atoms with Crippen molar-refractivity contribution in [3.05, 3.63) is 0 Å². The molecule has 0 radical (unpaired) electrons. The van der Waals surface area contributed by atoms with Crippen LogP contribution in [0.4, 0.5) is 13.2 Å². The first-order chi connectivity index (χ1) is 4.45. The van der Waals surface area contributed by atoms with Gasteiger partial charge in [0.05, 0.1) is 0 Å². The topological polar surface area (TPSA) is 43.1 Å². The Balaban J connectivity index is 3.58. The number of alkyl halides is 3. The number of nitrogens with two attached hydrogens (primary N) is 1. The zero-order valence-electron chi connectivity index (χ0n) is 5.15. The molecule has 62 valence electrons. The van der Waals surface area contributed by atoms with Gasteiger partial charge >= 0.3 is 6.18 Å². The van der Waals surface area contributed by atoms with Gasteiger partial charge in [-0.2, -0.15) is 13.2 Å². The van der Waals surface area contributed by atoms with Crippen molar-refractivity contribution in [2.24, 2.45) is 5.73 Å². The lowest BCUT2D eigenvalue weighted by molar-refractivity contribution is -0.105. The minimum atomic E-state index is -4.33. The lowest BCUT2D eigenvalue weighted by atomic mass is 10.8. The van der Waals surface area contributed by atoms with Gasteiger partial charge in [0.1, 0.15) is 5.75 Å². The Morgan fingerprint density at radius 1 is 1.40 bits per heavy atom. The van der Waals surface area contributed by atoms with Crippen molar-refractivity contribution in [1.82, 2.24) is 0 Å². The highest BCUT2D eigenvalue weighted by Crippen LogP contribution is 2.15. The van der Waals surface area contributed by atoms with E-state index in [1.54, 1.807) is 0 Å². The van der Waals surface area contributed by atoms with Crippen molar-refractivity contribution >= 4 is 10.8 Å². The second-order valence-corrected chi connectivity index (χ2v) is 3.27. The van der Waals surface area contributed by atoms with Gasteiger partial charge in [-0.1, -0.05) is 0 Å². The molecule has 0 aliphatic carbocycles. The van der Waals surface area contributed by atoms with Crippen molar-refractivity contribution in [3.63, 3.8) is 0 Å². The Morgan fingerprint density at radius 3 is 2.20 bits per heavy atom. The SMILES string of the molecule is NCC[S@](=O)CC(F)(F)F. The van der Waals surface area contributed by atoms with E-state index in [9.17, 15) is 17.4 Å². The minimum Gasteiger partial charge on any atom is -0.330 e. The minimum absolute atomic E-state index is 0.0304. The van der Waals surface area contributed by atoms with Crippen LogP contribution in [0.25, 0.3) is 0 Å². The standard InChI is InChI=1S/C4H8F3NOS/c5-4(6,7)3-10(9)2-1-8/h1-3,8H2/t10-/m0/s1. The molecule has 0 aliphatic rings. The third-order valence-corrected chi connectivity index (χ3v) is 2.01. The Morgan fingerprint density at radius 2 is 1.90 bits per heavy atom. The molecule has 2 N–H and O–H groups in total. The fraction of sp³-hybridized carbons (Fsp3) is 1.00. The van der Waals surface area contributed by atoms with Gasteiger partial charge in [-0.05, 0) is 0 Å². The molecule has 0 aromatic rings. The maximum absolute atomic E-state index is 11.4. The summed E-state index contributed by atoms with van der Waals surface area (Å²) in [5, 5.41) is 0. The fourth-order valence-corrected chi connectivity index (χ4v) is 1.16. The van der Waals surface area contributed by atoms with Crippen molar-refractivity contribution in [2.75, 3.05) is 18.1 Å². The second-order valence-electron chi connectivity index (χ2n) is 1.69. The summed E-state index contributed by atoms with van der Waals surface area (Å²) in [5.41, 5.74) is 4.89. The molecule has 0 heterocycles. The third kappa shape index (κ3) is 6.03. The van der Waals surface area contributed by atoms with Crippen LogP contribution in [0.15, 0.2) is 0 Å². The molecular weight excluding hydrogens is 167 g/mol. The van der Waals surface area contributed by atoms with Crippen molar-refractivity contribution in [1.29, 1.82) is 0 Å². The van der Waals surface area contributed by atoms with E-state index in [0.29, 0.717) is 0 Å². The number of halogens is 3. The summed E-state index contributed by atoms with van der Waals surface area (Å²) in [6.07, 6.45) is -4.33. The molecule has 0 aliphatic heterocycles. The number of rotatable bonds is 3. The summed E-state index contributed by atoms with van der Waals surface area (Å²) in [6.45, 7) is 0.0304. The average molecular weight is 175 g/mol. The second kappa shape index (κ2) is 3.92. The zero-order valence-corrected chi connectivity index (χ0v) is 5.97. The first kappa shape index (κ1) is 9.90. The monoisotopic (exact) mass is 175 g/mol. The summed E-state index contributed by atoms with van der Waals surface area (Å²) < 4.78 is 44.6. The molecule has 6 heteroatoms. The molecule has 0 unspecified atom stereocenters. The molecule has 0 fully saturated rings. The Labute approximate surface area is 59.0 Å². The van der Waals surface area contributed by atoms with E-state index in [4.69, 9.17) is 5.73 Å². The van der Waals surface area contributed by atoms with Gasteiger partial charge in [0, 0.05) is 23.1 Å². The lowest BCUT2D eigenvalue weighted by Crippen LogP contribution is -2.22. The van der Waals surface area contributed by atoms with Gasteiger partial charge in [-0.3, -0.25) is 4.21 Å². The smallest absolute Gasteiger partial charge is 0.330 e. The van der Waals surface area contributed by atoms with Crippen LogP contribution < -0.4 is 5.73 Å². The van der Waals surface area contributed by atoms with E-state index in [0.717, 1.165) is 0 Å². The summed E-state index contributed by atoms with van der Waals surface area (Å²) >= 11 is 0. The molecule has 0 saturated carbocycles. The number of hydrogen-bond donors (Lipinski definition) is 1. The molecule has 0 bridgehead atoms. The van der Waals surface area contributed by atoms with E-state index < -0.39 is 22.7 Å². The van der Waals surface area contributed by atoms with Crippen LogP contribution in [0.2, 0.25) is 0 Å². The highest BCUT2D eigenvalue weighted by molar-refractivity contribution is 7.85. The van der Waals surface area contributed by atoms with E-state index in [1.165, 1.54) is 0 Å². The zero-order chi connectivity index (χ0) is 8.20. The quantitative estimate of drug-likeness (QED) is 0.668. The van der Waals surface area contributed by atoms with Gasteiger partial charge in [-0.25, -0.2) is 0 Å². The van der Waals surface area contributed by atoms with Gasteiger partial charge in [0.25, 0.3) is 0 Å². The third-order valence-electron chi connectivity index (χ3n) is 0.670. The highest BCUT2D eigenvalue weighted by Gasteiger charge is 2.29. The molecule has 0 amide bonds. The summed E-state index contributed by atoms with van der Waals surface area (Å²) in [5.74, 6) is -1.33. The van der Waals surface area contributed by atoms with E-state index in [1.807, 2.05) is 0 Å². The molecule has 0 aromatic carbocycles. The van der Waals surface area contributed by atoms with E-state index >= 15 is 0 Å². The molecule has 0 rings (SSSR count). The van der Waals surface area contributed by atoms with Crippen molar-refractivity contribution < 1.29 is 17.4 Å². The van der Waals surface area contributed by atoms with Crippen LogP contribution in [-0.2, 0) is 10.8 Å². The van der Waals surface area contributed by atoms with Crippen molar-refractivity contribution in [2.45, 2.75) is 6.18 Å². The summed E-state index contributed by atoms with van der Waals surface area (Å²) in [7, 11) is -1.84. The maximum atomic E-state index is 11.4. The van der Waals surface area contributed by atoms with E-state index in [-0.39, 0.29) is 12.3 Å². The van der Waals surface area contributed by atoms with Crippen LogP contribution in [0, 0.1) is 0 Å². The Bertz CT molecular complexity index is 124. The van der Waals surface area contributed by atoms with Crippen LogP contribution in [-0.4, -0.2) is 28.4 Å². The Hall–Kier alpha value is -0.100. The van der Waals surface area contributed by atoms with Crippen LogP contribution in [0.1, 0.15) is 0 Å². The normalized spacial score (nSPS) is 15.2.